The molecule has 90 valence electrons. The van der Waals surface area contributed by atoms with E-state index in [9.17, 15) is 4.39 Å². The zero-order valence-electron chi connectivity index (χ0n) is 9.84. The average molecular weight is 225 g/mol. The molecule has 0 aromatic heterocycles. The fraction of sp³-hybridized carbons (Fsp3) is 0.538. The highest BCUT2D eigenvalue weighted by molar-refractivity contribution is 5.16. The molecule has 0 unspecified atom stereocenters. The Hall–Kier alpha value is -0.930. The Labute approximate surface area is 96.8 Å². The Morgan fingerprint density at radius 2 is 2.12 bits per heavy atom. The summed E-state index contributed by atoms with van der Waals surface area (Å²) in [6, 6.07) is 6.73. The Morgan fingerprint density at radius 3 is 2.88 bits per heavy atom. The van der Waals surface area contributed by atoms with Gasteiger partial charge in [-0.15, -0.1) is 0 Å². The van der Waals surface area contributed by atoms with Crippen molar-refractivity contribution in [1.82, 2.24) is 5.32 Å². The van der Waals surface area contributed by atoms with Crippen LogP contribution in [0.2, 0.25) is 0 Å². The summed E-state index contributed by atoms with van der Waals surface area (Å²) in [5.74, 6) is -0.163. The molecule has 0 amide bonds. The van der Waals surface area contributed by atoms with Crippen LogP contribution in [0.3, 0.4) is 0 Å². The zero-order chi connectivity index (χ0) is 11.6. The molecule has 0 fully saturated rings. The van der Waals surface area contributed by atoms with Crippen LogP contribution in [0.25, 0.3) is 0 Å². The van der Waals surface area contributed by atoms with Crippen LogP contribution in [0.15, 0.2) is 24.3 Å². The summed E-state index contributed by atoms with van der Waals surface area (Å²) in [5, 5.41) is 3.26. The lowest BCUT2D eigenvalue weighted by Gasteiger charge is -2.05. The van der Waals surface area contributed by atoms with E-state index in [1.54, 1.807) is 12.1 Å². The molecular formula is C13H20FNO. The molecule has 3 heteroatoms. The lowest BCUT2D eigenvalue weighted by atomic mass is 10.1. The minimum absolute atomic E-state index is 0.163. The molecule has 16 heavy (non-hydrogen) atoms. The third-order valence-electron chi connectivity index (χ3n) is 2.25. The van der Waals surface area contributed by atoms with Gasteiger partial charge in [0.2, 0.25) is 0 Å². The SMILES string of the molecule is CCCOCCNCCc1cccc(F)c1. The average Bonchev–Trinajstić information content (AvgIpc) is 2.28. The Bertz CT molecular complexity index is 291. The predicted molar refractivity (Wildman–Crippen MR) is 64.1 cm³/mol. The van der Waals surface area contributed by atoms with Crippen LogP contribution in [-0.2, 0) is 11.2 Å². The standard InChI is InChI=1S/C13H20FNO/c1-2-9-16-10-8-15-7-6-12-4-3-5-13(14)11-12/h3-5,11,15H,2,6-10H2,1H3. The van der Waals surface area contributed by atoms with Crippen molar-refractivity contribution in [2.45, 2.75) is 19.8 Å². The lowest BCUT2D eigenvalue weighted by Crippen LogP contribution is -2.22. The van der Waals surface area contributed by atoms with E-state index in [0.29, 0.717) is 0 Å². The van der Waals surface area contributed by atoms with Crippen molar-refractivity contribution in [3.63, 3.8) is 0 Å². The predicted octanol–water partition coefficient (Wildman–Crippen LogP) is 2.38. The molecule has 0 aliphatic rings. The summed E-state index contributed by atoms with van der Waals surface area (Å²) in [7, 11) is 0. The lowest BCUT2D eigenvalue weighted by molar-refractivity contribution is 0.137. The minimum Gasteiger partial charge on any atom is -0.380 e. The van der Waals surface area contributed by atoms with E-state index in [1.165, 1.54) is 6.07 Å². The normalized spacial score (nSPS) is 10.6. The van der Waals surface area contributed by atoms with Crippen LogP contribution in [-0.4, -0.2) is 26.3 Å². The van der Waals surface area contributed by atoms with Crippen molar-refractivity contribution >= 4 is 0 Å². The summed E-state index contributed by atoms with van der Waals surface area (Å²) in [6.45, 7) is 5.38. The maximum absolute atomic E-state index is 12.8. The monoisotopic (exact) mass is 225 g/mol. The first kappa shape index (κ1) is 13.1. The fourth-order valence-electron chi connectivity index (χ4n) is 1.44. The first-order valence-electron chi connectivity index (χ1n) is 5.86. The van der Waals surface area contributed by atoms with Crippen molar-refractivity contribution in [1.29, 1.82) is 0 Å². The van der Waals surface area contributed by atoms with Gasteiger partial charge in [0.25, 0.3) is 0 Å². The van der Waals surface area contributed by atoms with E-state index in [-0.39, 0.29) is 5.82 Å². The van der Waals surface area contributed by atoms with Gasteiger partial charge in [0.1, 0.15) is 5.82 Å². The van der Waals surface area contributed by atoms with Gasteiger partial charge in [0.15, 0.2) is 0 Å². The van der Waals surface area contributed by atoms with Crippen LogP contribution in [0, 0.1) is 5.82 Å². The number of rotatable bonds is 8. The van der Waals surface area contributed by atoms with Gasteiger partial charge in [-0.1, -0.05) is 19.1 Å². The Balaban J connectivity index is 2.03. The quantitative estimate of drug-likeness (QED) is 0.686. The van der Waals surface area contributed by atoms with E-state index < -0.39 is 0 Å². The molecule has 1 aromatic carbocycles. The van der Waals surface area contributed by atoms with E-state index in [4.69, 9.17) is 4.74 Å². The highest BCUT2D eigenvalue weighted by Crippen LogP contribution is 2.03. The van der Waals surface area contributed by atoms with Crippen molar-refractivity contribution in [2.24, 2.45) is 0 Å². The summed E-state index contributed by atoms with van der Waals surface area (Å²) >= 11 is 0. The van der Waals surface area contributed by atoms with Gasteiger partial charge < -0.3 is 10.1 Å². The van der Waals surface area contributed by atoms with Crippen molar-refractivity contribution in [3.05, 3.63) is 35.6 Å². The summed E-state index contributed by atoms with van der Waals surface area (Å²) in [4.78, 5) is 0. The maximum Gasteiger partial charge on any atom is 0.123 e. The molecule has 0 spiro atoms. The van der Waals surface area contributed by atoms with Gasteiger partial charge >= 0.3 is 0 Å². The first-order chi connectivity index (χ1) is 7.83. The third-order valence-corrected chi connectivity index (χ3v) is 2.25. The zero-order valence-corrected chi connectivity index (χ0v) is 9.84. The maximum atomic E-state index is 12.8. The molecule has 0 atom stereocenters. The number of hydrogen-bond acceptors (Lipinski definition) is 2. The third kappa shape index (κ3) is 5.83. The molecule has 2 nitrogen and oxygen atoms in total. The summed E-state index contributed by atoms with van der Waals surface area (Å²) in [6.07, 6.45) is 1.91. The molecule has 0 saturated heterocycles. The number of nitrogens with one attached hydrogen (secondary N) is 1. The molecule has 0 bridgehead atoms. The molecular weight excluding hydrogens is 205 g/mol. The number of benzene rings is 1. The van der Waals surface area contributed by atoms with Gasteiger partial charge in [0.05, 0.1) is 6.61 Å². The number of halogens is 1. The molecule has 0 aliphatic carbocycles. The highest BCUT2D eigenvalue weighted by Gasteiger charge is 1.95. The number of ether oxygens (including phenoxy) is 1. The first-order valence-corrected chi connectivity index (χ1v) is 5.86. The topological polar surface area (TPSA) is 21.3 Å². The molecule has 1 aromatic rings. The minimum atomic E-state index is -0.163. The van der Waals surface area contributed by atoms with Crippen LogP contribution in [0.5, 0.6) is 0 Å². The van der Waals surface area contributed by atoms with E-state index in [0.717, 1.165) is 44.7 Å². The second-order valence-electron chi connectivity index (χ2n) is 3.74. The Morgan fingerprint density at radius 1 is 1.25 bits per heavy atom. The van der Waals surface area contributed by atoms with Crippen LogP contribution < -0.4 is 5.32 Å². The van der Waals surface area contributed by atoms with E-state index >= 15 is 0 Å². The van der Waals surface area contributed by atoms with Gasteiger partial charge in [-0.05, 0) is 37.1 Å². The summed E-state index contributed by atoms with van der Waals surface area (Å²) < 4.78 is 18.2. The van der Waals surface area contributed by atoms with Crippen molar-refractivity contribution in [3.8, 4) is 0 Å². The van der Waals surface area contributed by atoms with E-state index in [1.807, 2.05) is 6.07 Å². The molecule has 1 N–H and O–H groups in total. The molecule has 0 heterocycles. The molecule has 0 aliphatic heterocycles. The highest BCUT2D eigenvalue weighted by atomic mass is 19.1. The molecule has 0 radical (unpaired) electrons. The van der Waals surface area contributed by atoms with Gasteiger partial charge in [-0.3, -0.25) is 0 Å². The Kier molecular flexibility index (Phi) is 6.77. The van der Waals surface area contributed by atoms with E-state index in [2.05, 4.69) is 12.2 Å². The summed E-state index contributed by atoms with van der Waals surface area (Å²) in [5.41, 5.74) is 1.03. The largest absolute Gasteiger partial charge is 0.380 e. The smallest absolute Gasteiger partial charge is 0.123 e. The second-order valence-corrected chi connectivity index (χ2v) is 3.74. The second kappa shape index (κ2) is 8.25. The number of hydrogen-bond donors (Lipinski definition) is 1. The van der Waals surface area contributed by atoms with Crippen LogP contribution in [0.1, 0.15) is 18.9 Å². The van der Waals surface area contributed by atoms with Crippen molar-refractivity contribution < 1.29 is 9.13 Å². The van der Waals surface area contributed by atoms with Crippen LogP contribution >= 0.6 is 0 Å². The van der Waals surface area contributed by atoms with Gasteiger partial charge in [-0.2, -0.15) is 0 Å². The van der Waals surface area contributed by atoms with Gasteiger partial charge in [-0.25, -0.2) is 4.39 Å². The fourth-order valence-corrected chi connectivity index (χ4v) is 1.44. The molecule has 0 saturated carbocycles. The molecule has 1 rings (SSSR count). The van der Waals surface area contributed by atoms with Gasteiger partial charge in [0, 0.05) is 13.2 Å². The van der Waals surface area contributed by atoms with Crippen LogP contribution in [0.4, 0.5) is 4.39 Å². The van der Waals surface area contributed by atoms with Crippen molar-refractivity contribution in [2.75, 3.05) is 26.3 Å².